The van der Waals surface area contributed by atoms with Crippen molar-refractivity contribution in [3.63, 3.8) is 0 Å². The van der Waals surface area contributed by atoms with Gasteiger partial charge in [-0.1, -0.05) is 6.07 Å². The van der Waals surface area contributed by atoms with Crippen molar-refractivity contribution >= 4 is 22.6 Å². The molecule has 1 nitrogen and oxygen atoms in total. The van der Waals surface area contributed by atoms with E-state index in [-0.39, 0.29) is 0 Å². The van der Waals surface area contributed by atoms with Crippen LogP contribution in [0.2, 0.25) is 0 Å². The van der Waals surface area contributed by atoms with Gasteiger partial charge in [-0.2, -0.15) is 0 Å². The highest BCUT2D eigenvalue weighted by molar-refractivity contribution is 14.1. The summed E-state index contributed by atoms with van der Waals surface area (Å²) in [6, 6.07) is 7.00. The second-order valence-electron chi connectivity index (χ2n) is 3.01. The third-order valence-electron chi connectivity index (χ3n) is 2.13. The molecule has 1 atom stereocenters. The maximum atomic E-state index is 3.24. The molecule has 0 saturated heterocycles. The number of halogens is 1. The molecule has 1 aromatic carbocycles. The van der Waals surface area contributed by atoms with Gasteiger partial charge in [0.2, 0.25) is 0 Å². The maximum Gasteiger partial charge on any atom is 0.0291 e. The Kier molecular flexibility index (Phi) is 3.53. The van der Waals surface area contributed by atoms with Gasteiger partial charge in [0, 0.05) is 9.61 Å². The zero-order chi connectivity index (χ0) is 9.14. The van der Waals surface area contributed by atoms with E-state index >= 15 is 0 Å². The van der Waals surface area contributed by atoms with Gasteiger partial charge in [-0.3, -0.25) is 0 Å². The topological polar surface area (TPSA) is 12.0 Å². The third kappa shape index (κ3) is 2.20. The van der Waals surface area contributed by atoms with Crippen LogP contribution in [-0.2, 0) is 0 Å². The molecule has 1 rings (SSSR count). The molecule has 0 radical (unpaired) electrons. The molecule has 0 unspecified atom stereocenters. The molecular weight excluding hydrogens is 261 g/mol. The monoisotopic (exact) mass is 275 g/mol. The zero-order valence-electron chi connectivity index (χ0n) is 7.69. The molecule has 0 aliphatic rings. The van der Waals surface area contributed by atoms with E-state index in [4.69, 9.17) is 0 Å². The highest BCUT2D eigenvalue weighted by Gasteiger charge is 2.04. The summed E-state index contributed by atoms with van der Waals surface area (Å²) in [4.78, 5) is 0. The van der Waals surface area contributed by atoms with Gasteiger partial charge in [0.25, 0.3) is 0 Å². The van der Waals surface area contributed by atoms with Crippen molar-refractivity contribution < 1.29 is 0 Å². The molecule has 1 aromatic rings. The minimum absolute atomic E-state index is 0.446. The van der Waals surface area contributed by atoms with Gasteiger partial charge in [0.15, 0.2) is 0 Å². The lowest BCUT2D eigenvalue weighted by Gasteiger charge is -2.13. The fraction of sp³-hybridized carbons (Fsp3) is 0.400. The van der Waals surface area contributed by atoms with Gasteiger partial charge in [-0.15, -0.1) is 0 Å². The molecule has 0 spiro atoms. The van der Waals surface area contributed by atoms with Gasteiger partial charge >= 0.3 is 0 Å². The lowest BCUT2D eigenvalue weighted by atomic mass is 10.0. The first-order valence-corrected chi connectivity index (χ1v) is 5.16. The van der Waals surface area contributed by atoms with Gasteiger partial charge < -0.3 is 5.32 Å². The summed E-state index contributed by atoms with van der Waals surface area (Å²) in [5.41, 5.74) is 2.75. The van der Waals surface area contributed by atoms with Crippen LogP contribution in [0.5, 0.6) is 0 Å². The van der Waals surface area contributed by atoms with E-state index < -0.39 is 0 Å². The maximum absolute atomic E-state index is 3.24. The van der Waals surface area contributed by atoms with Gasteiger partial charge in [-0.25, -0.2) is 0 Å². The van der Waals surface area contributed by atoms with Gasteiger partial charge in [0.1, 0.15) is 0 Å². The van der Waals surface area contributed by atoms with E-state index in [0.29, 0.717) is 6.04 Å². The molecule has 0 amide bonds. The first-order valence-electron chi connectivity index (χ1n) is 4.08. The average Bonchev–Trinajstić information content (AvgIpc) is 2.03. The van der Waals surface area contributed by atoms with E-state index in [1.165, 1.54) is 14.7 Å². The van der Waals surface area contributed by atoms with Crippen molar-refractivity contribution in [2.45, 2.75) is 19.9 Å². The Labute approximate surface area is 87.7 Å². The molecule has 2 heteroatoms. The number of benzene rings is 1. The van der Waals surface area contributed by atoms with Crippen LogP contribution in [0, 0.1) is 10.5 Å². The quantitative estimate of drug-likeness (QED) is 0.818. The van der Waals surface area contributed by atoms with Crippen LogP contribution < -0.4 is 5.32 Å². The Morgan fingerprint density at radius 1 is 1.42 bits per heavy atom. The summed E-state index contributed by atoms with van der Waals surface area (Å²) < 4.78 is 1.30. The van der Waals surface area contributed by atoms with Crippen molar-refractivity contribution in [2.24, 2.45) is 0 Å². The van der Waals surface area contributed by atoms with Gasteiger partial charge in [-0.05, 0) is 66.7 Å². The van der Waals surface area contributed by atoms with Crippen molar-refractivity contribution in [2.75, 3.05) is 7.05 Å². The number of rotatable bonds is 2. The van der Waals surface area contributed by atoms with Crippen molar-refractivity contribution in [3.8, 4) is 0 Å². The summed E-state index contributed by atoms with van der Waals surface area (Å²) in [5.74, 6) is 0. The molecule has 0 aromatic heterocycles. The summed E-state index contributed by atoms with van der Waals surface area (Å²) in [6.07, 6.45) is 0. The van der Waals surface area contributed by atoms with Crippen LogP contribution in [0.25, 0.3) is 0 Å². The van der Waals surface area contributed by atoms with E-state index in [2.05, 4.69) is 60.0 Å². The Morgan fingerprint density at radius 2 is 2.08 bits per heavy atom. The second-order valence-corrected chi connectivity index (χ2v) is 4.26. The predicted molar refractivity (Wildman–Crippen MR) is 61.4 cm³/mol. The molecule has 1 N–H and O–H groups in total. The normalized spacial score (nSPS) is 13.0. The highest BCUT2D eigenvalue weighted by atomic mass is 127. The summed E-state index contributed by atoms with van der Waals surface area (Å²) >= 11 is 2.34. The van der Waals surface area contributed by atoms with E-state index in [9.17, 15) is 0 Å². The highest BCUT2D eigenvalue weighted by Crippen LogP contribution is 2.18. The Hall–Kier alpha value is -0.0900. The van der Waals surface area contributed by atoms with Crippen LogP contribution in [0.1, 0.15) is 24.1 Å². The molecule has 0 fully saturated rings. The Balaban J connectivity index is 3.01. The summed E-state index contributed by atoms with van der Waals surface area (Å²) in [5, 5.41) is 3.24. The number of hydrogen-bond acceptors (Lipinski definition) is 1. The standard InChI is InChI=1S/C10H14IN/c1-7-6-9(11)4-5-10(7)8(2)12-3/h4-6,8,12H,1-3H3/t8-/m0/s1. The van der Waals surface area contributed by atoms with Gasteiger partial charge in [0.05, 0.1) is 0 Å². The first-order chi connectivity index (χ1) is 5.65. The van der Waals surface area contributed by atoms with Crippen molar-refractivity contribution in [3.05, 3.63) is 32.9 Å². The molecular formula is C10H14IN. The molecule has 0 saturated carbocycles. The van der Waals surface area contributed by atoms with Crippen molar-refractivity contribution in [1.29, 1.82) is 0 Å². The number of hydrogen-bond donors (Lipinski definition) is 1. The molecule has 0 bridgehead atoms. The predicted octanol–water partition coefficient (Wildman–Crippen LogP) is 2.88. The summed E-state index contributed by atoms with van der Waals surface area (Å²) in [7, 11) is 1.99. The number of nitrogens with one attached hydrogen (secondary N) is 1. The molecule has 0 aliphatic carbocycles. The van der Waals surface area contributed by atoms with Crippen molar-refractivity contribution in [1.82, 2.24) is 5.32 Å². The van der Waals surface area contributed by atoms with E-state index in [0.717, 1.165) is 0 Å². The average molecular weight is 275 g/mol. The zero-order valence-corrected chi connectivity index (χ0v) is 9.84. The van der Waals surface area contributed by atoms with E-state index in [1.807, 2.05) is 7.05 Å². The molecule has 12 heavy (non-hydrogen) atoms. The SMILES string of the molecule is CN[C@@H](C)c1ccc(I)cc1C. The molecule has 0 heterocycles. The van der Waals surface area contributed by atoms with Crippen LogP contribution in [0.3, 0.4) is 0 Å². The Morgan fingerprint density at radius 3 is 2.58 bits per heavy atom. The lowest BCUT2D eigenvalue weighted by molar-refractivity contribution is 0.648. The van der Waals surface area contributed by atoms with Crippen LogP contribution in [0.15, 0.2) is 18.2 Å². The summed E-state index contributed by atoms with van der Waals surface area (Å²) in [6.45, 7) is 4.33. The third-order valence-corrected chi connectivity index (χ3v) is 2.80. The Bertz CT molecular complexity index is 271. The first kappa shape index (κ1) is 9.99. The van der Waals surface area contributed by atoms with E-state index in [1.54, 1.807) is 0 Å². The van der Waals surface area contributed by atoms with Crippen LogP contribution in [-0.4, -0.2) is 7.05 Å². The van der Waals surface area contributed by atoms with Crippen LogP contribution >= 0.6 is 22.6 Å². The smallest absolute Gasteiger partial charge is 0.0291 e. The fourth-order valence-electron chi connectivity index (χ4n) is 1.28. The number of aryl methyl sites for hydroxylation is 1. The largest absolute Gasteiger partial charge is 0.313 e. The fourth-order valence-corrected chi connectivity index (χ4v) is 1.93. The second kappa shape index (κ2) is 4.23. The van der Waals surface area contributed by atoms with Crippen LogP contribution in [0.4, 0.5) is 0 Å². The minimum atomic E-state index is 0.446. The molecule has 66 valence electrons. The lowest BCUT2D eigenvalue weighted by Crippen LogP contribution is -2.13. The minimum Gasteiger partial charge on any atom is -0.313 e. The molecule has 0 aliphatic heterocycles.